The van der Waals surface area contributed by atoms with Crippen LogP contribution in [0.4, 0.5) is 22.7 Å². The fourth-order valence-corrected chi connectivity index (χ4v) is 8.94. The molecule has 8 bridgehead atoms. The van der Waals surface area contributed by atoms with Crippen LogP contribution in [0.15, 0.2) is 97.1 Å². The molecule has 0 saturated carbocycles. The number of benzene rings is 4. The summed E-state index contributed by atoms with van der Waals surface area (Å²) >= 11 is 0. The molecule has 12 heteroatoms. The van der Waals surface area contributed by atoms with Crippen LogP contribution in [0.2, 0.25) is 0 Å². The van der Waals surface area contributed by atoms with Gasteiger partial charge >= 0.3 is 0 Å². The highest BCUT2D eigenvalue weighted by atomic mass is 16.3. The van der Waals surface area contributed by atoms with E-state index in [1.165, 1.54) is 0 Å². The fourth-order valence-electron chi connectivity index (χ4n) is 8.94. The third-order valence-electron chi connectivity index (χ3n) is 12.8. The molecule has 0 radical (unpaired) electrons. The van der Waals surface area contributed by atoms with Crippen molar-refractivity contribution in [3.8, 4) is 67.5 Å². The van der Waals surface area contributed by atoms with E-state index in [0.29, 0.717) is 62.9 Å². The monoisotopic (exact) mass is 910 g/mol. The molecule has 0 fully saturated rings. The van der Waals surface area contributed by atoms with Crippen molar-refractivity contribution >= 4 is 69.1 Å². The summed E-state index contributed by atoms with van der Waals surface area (Å²) in [5.41, 5.74) is 14.3. The summed E-state index contributed by atoms with van der Waals surface area (Å²) in [6.45, 7) is 0. The molecule has 3 aromatic heterocycles. The van der Waals surface area contributed by atoms with Gasteiger partial charge < -0.3 is 30.4 Å². The summed E-state index contributed by atoms with van der Waals surface area (Å²) in [4.78, 5) is 18.3. The zero-order valence-corrected chi connectivity index (χ0v) is 41.0. The van der Waals surface area contributed by atoms with Crippen molar-refractivity contribution in [2.75, 3.05) is 84.6 Å². The molecule has 0 aliphatic carbocycles. The minimum absolute atomic E-state index is 0.0955. The Bertz CT molecular complexity index is 3110. The molecule has 0 atom stereocenters. The third kappa shape index (κ3) is 8.32. The Morgan fingerprint density at radius 1 is 0.324 bits per heavy atom. The summed E-state index contributed by atoms with van der Waals surface area (Å²) in [5.74, 6) is -0.382. The van der Waals surface area contributed by atoms with Crippen LogP contribution in [0.5, 0.6) is 23.0 Å². The molecule has 4 aromatic carbocycles. The van der Waals surface area contributed by atoms with Crippen LogP contribution in [-0.2, 0) is 0 Å². The molecule has 68 heavy (non-hydrogen) atoms. The van der Waals surface area contributed by atoms with Gasteiger partial charge in [0.25, 0.3) is 0 Å². The average molecular weight is 911 g/mol. The number of nitrogens with zero attached hydrogens (tertiary/aromatic N) is 6. The lowest BCUT2D eigenvalue weighted by molar-refractivity contribution is 0.453. The van der Waals surface area contributed by atoms with E-state index < -0.39 is 0 Å². The number of rotatable bonds is 8. The summed E-state index contributed by atoms with van der Waals surface area (Å²) < 4.78 is 2.25. The van der Waals surface area contributed by atoms with E-state index in [1.807, 2.05) is 48.6 Å². The third-order valence-corrected chi connectivity index (χ3v) is 12.8. The maximum atomic E-state index is 11.6. The number of aromatic nitrogens is 4. The predicted octanol–water partition coefficient (Wildman–Crippen LogP) is 10.9. The van der Waals surface area contributed by atoms with Crippen molar-refractivity contribution in [2.45, 2.75) is 0 Å². The summed E-state index contributed by atoms with van der Waals surface area (Å²) in [5, 5.41) is 46.4. The van der Waals surface area contributed by atoms with Crippen LogP contribution < -0.4 is 17.9 Å². The van der Waals surface area contributed by atoms with Crippen molar-refractivity contribution in [3.63, 3.8) is 0 Å². The average Bonchev–Trinajstić information content (AvgIpc) is 4.09. The molecule has 5 heterocycles. The van der Waals surface area contributed by atoms with Gasteiger partial charge in [0.2, 0.25) is 0 Å². The number of quaternary nitrogens is 4. The van der Waals surface area contributed by atoms with Crippen LogP contribution in [-0.4, -0.2) is 125 Å². The number of phenolic OH excluding ortho intramolecular Hbond substituents is 4. The predicted molar refractivity (Wildman–Crippen MR) is 286 cm³/mol. The van der Waals surface area contributed by atoms with E-state index >= 15 is 0 Å². The van der Waals surface area contributed by atoms with Crippen molar-refractivity contribution < 1.29 is 20.4 Å². The number of nitrogens with one attached hydrogen (secondary N) is 2. The van der Waals surface area contributed by atoms with Gasteiger partial charge in [-0.25, -0.2) is 9.97 Å². The lowest BCUT2D eigenvalue weighted by Crippen LogP contribution is -2.37. The van der Waals surface area contributed by atoms with Gasteiger partial charge in [0.1, 0.15) is 45.7 Å². The smallest absolute Gasteiger partial charge is 0.138 e. The van der Waals surface area contributed by atoms with Crippen molar-refractivity contribution in [1.29, 1.82) is 0 Å². The number of aromatic hydroxyl groups is 4. The van der Waals surface area contributed by atoms with E-state index in [-0.39, 0.29) is 34.1 Å². The Kier molecular flexibility index (Phi) is 10.8. The van der Waals surface area contributed by atoms with E-state index in [4.69, 9.17) is 9.97 Å². The quantitative estimate of drug-likeness (QED) is 0.0840. The number of H-pyrrole nitrogens is 2. The van der Waals surface area contributed by atoms with E-state index in [1.54, 1.807) is 36.4 Å². The molecule has 0 amide bonds. The van der Waals surface area contributed by atoms with Crippen molar-refractivity contribution in [2.24, 2.45) is 0 Å². The molecule has 2 aliphatic rings. The van der Waals surface area contributed by atoms with Gasteiger partial charge in [0, 0.05) is 68.6 Å². The molecule has 0 spiro atoms. The number of fused-ring (bicyclic) bond motifs is 8. The number of aromatic amines is 2. The minimum Gasteiger partial charge on any atom is -0.507 e. The van der Waals surface area contributed by atoms with Crippen LogP contribution in [0.3, 0.4) is 0 Å². The van der Waals surface area contributed by atoms with Gasteiger partial charge in [-0.05, 0) is 84.0 Å². The topological polar surface area (TPSA) is 138 Å². The van der Waals surface area contributed by atoms with Gasteiger partial charge in [-0.15, -0.1) is 0 Å². The lowest BCUT2D eigenvalue weighted by Gasteiger charge is -2.28. The lowest BCUT2D eigenvalue weighted by atomic mass is 10.0. The zero-order valence-electron chi connectivity index (χ0n) is 41.0. The van der Waals surface area contributed by atoms with Crippen molar-refractivity contribution in [3.05, 3.63) is 120 Å². The highest BCUT2D eigenvalue weighted by molar-refractivity contribution is 6.02. The number of phenols is 4. The van der Waals surface area contributed by atoms with E-state index in [2.05, 4.69) is 131 Å². The summed E-state index contributed by atoms with van der Waals surface area (Å²) in [6.07, 6.45) is 7.79. The normalized spacial score (nSPS) is 13.1. The maximum absolute atomic E-state index is 11.6. The van der Waals surface area contributed by atoms with Gasteiger partial charge in [-0.3, -0.25) is 17.9 Å². The second-order valence-electron chi connectivity index (χ2n) is 21.4. The highest BCUT2D eigenvalue weighted by Crippen LogP contribution is 2.46. The maximum Gasteiger partial charge on any atom is 0.138 e. The summed E-state index contributed by atoms with van der Waals surface area (Å²) in [6, 6.07) is 30.7. The first-order chi connectivity index (χ1) is 31.9. The van der Waals surface area contributed by atoms with Gasteiger partial charge in [0.05, 0.1) is 131 Å². The van der Waals surface area contributed by atoms with Crippen LogP contribution in [0.25, 0.3) is 90.9 Å². The second kappa shape index (κ2) is 16.1. The van der Waals surface area contributed by atoms with E-state index in [0.717, 1.165) is 56.0 Å². The summed E-state index contributed by atoms with van der Waals surface area (Å²) in [7, 11) is 25.7. The van der Waals surface area contributed by atoms with E-state index in [9.17, 15) is 20.4 Å². The molecule has 6 N–H and O–H groups in total. The standard InChI is InChI=1S/C56H58N8O4/c1-61(2,3)35-27-33(28-36(31-35)62(4,5)6)51-39-19-23-43(57-39)53(55-47(65)15-13-16-48(55)66)45-25-21-41(59-45)52(34-29-37(63(7,8)9)32-38(30-34)64(10,11)12)42-22-26-46(60-42)54(44-24-20-40(51)58-44)56-49(67)17-14-18-50(56)68/h13-32H,1-12H3,(H2-4,57,58,59,60,65,66,67,68)/p+4. The second-order valence-corrected chi connectivity index (χ2v) is 21.4. The van der Waals surface area contributed by atoms with Gasteiger partial charge in [-0.2, -0.15) is 0 Å². The van der Waals surface area contributed by atoms with Gasteiger partial charge in [0.15, 0.2) is 0 Å². The Morgan fingerprint density at radius 2 is 0.574 bits per heavy atom. The first-order valence-electron chi connectivity index (χ1n) is 22.6. The first kappa shape index (κ1) is 45.7. The SMILES string of the molecule is C[N+](C)(C)c1cc(-c2c3nc(c(-c4c(O)cccc4O)c4ccc([nH]4)c(-c4cc([N+](C)(C)C)cc([N+](C)(C)C)c4)c4nc(c(-c5c(O)cccc5O)c5ccc2[nH]5)C=C4)C=C3)cc([N+](C)(C)C)c1. The number of hydrogen-bond acceptors (Lipinski definition) is 6. The zero-order chi connectivity index (χ0) is 48.8. The Hall–Kier alpha value is -7.48. The highest BCUT2D eigenvalue weighted by Gasteiger charge is 2.28. The minimum atomic E-state index is -0.0955. The Balaban J connectivity index is 1.53. The molecule has 0 unspecified atom stereocenters. The van der Waals surface area contributed by atoms with Gasteiger partial charge in [-0.1, -0.05) is 12.1 Å². The Labute approximate surface area is 397 Å². The fraction of sp³-hybridized carbons (Fsp3) is 0.214. The molecule has 7 aromatic rings. The molecule has 9 rings (SSSR count). The van der Waals surface area contributed by atoms with Crippen molar-refractivity contribution in [1.82, 2.24) is 37.9 Å². The molecule has 0 saturated heterocycles. The largest absolute Gasteiger partial charge is 0.507 e. The molecular weight excluding hydrogens is 849 g/mol. The molecule has 346 valence electrons. The van der Waals surface area contributed by atoms with Crippen LogP contribution >= 0.6 is 0 Å². The molecule has 2 aliphatic heterocycles. The first-order valence-corrected chi connectivity index (χ1v) is 22.6. The molecule has 12 nitrogen and oxygen atoms in total. The van der Waals surface area contributed by atoms with Crippen LogP contribution in [0, 0.1) is 0 Å². The van der Waals surface area contributed by atoms with Crippen LogP contribution in [0.1, 0.15) is 22.8 Å². The Morgan fingerprint density at radius 3 is 0.838 bits per heavy atom. The molecular formula is C56H62N8O4+4. The number of hydrogen-bond donors (Lipinski definition) is 6.